The molecule has 6 heteroatoms. The Morgan fingerprint density at radius 3 is 2.76 bits per heavy atom. The molecule has 134 valence electrons. The van der Waals surface area contributed by atoms with E-state index in [2.05, 4.69) is 47.6 Å². The third-order valence-electron chi connectivity index (χ3n) is 4.73. The highest BCUT2D eigenvalue weighted by Crippen LogP contribution is 2.26. The van der Waals surface area contributed by atoms with Gasteiger partial charge < -0.3 is 5.32 Å². The van der Waals surface area contributed by atoms with Gasteiger partial charge in [-0.2, -0.15) is 0 Å². The van der Waals surface area contributed by atoms with Crippen LogP contribution in [0.25, 0.3) is 5.69 Å². The number of benzene rings is 1. The third kappa shape index (κ3) is 4.42. The standard InChI is InChI=1S/C19H26N4OS/c1-13-9-10-17(14(2)11-13)23-12-20-22-19(23)25-15(3)18(24)21-16-7-5-4-6-8-16/h9-12,15-16H,4-8H2,1-3H3,(H,21,24). The van der Waals surface area contributed by atoms with Crippen LogP contribution in [0.1, 0.15) is 50.2 Å². The lowest BCUT2D eigenvalue weighted by atomic mass is 9.95. The summed E-state index contributed by atoms with van der Waals surface area (Å²) >= 11 is 1.46. The van der Waals surface area contributed by atoms with Crippen LogP contribution < -0.4 is 5.32 Å². The zero-order valence-electron chi connectivity index (χ0n) is 15.2. The maximum Gasteiger partial charge on any atom is 0.233 e. The lowest BCUT2D eigenvalue weighted by molar-refractivity contribution is -0.121. The van der Waals surface area contributed by atoms with Crippen molar-refractivity contribution < 1.29 is 4.79 Å². The van der Waals surface area contributed by atoms with E-state index in [4.69, 9.17) is 0 Å². The lowest BCUT2D eigenvalue weighted by Gasteiger charge is -2.24. The van der Waals surface area contributed by atoms with Gasteiger partial charge in [-0.05, 0) is 45.2 Å². The molecule has 0 radical (unpaired) electrons. The normalized spacial score (nSPS) is 16.6. The smallest absolute Gasteiger partial charge is 0.233 e. The van der Waals surface area contributed by atoms with Crippen molar-refractivity contribution in [2.75, 3.05) is 0 Å². The van der Waals surface area contributed by atoms with Gasteiger partial charge in [0.1, 0.15) is 6.33 Å². The Labute approximate surface area is 153 Å². The van der Waals surface area contributed by atoms with Crippen molar-refractivity contribution in [2.45, 2.75) is 69.3 Å². The number of aryl methyl sites for hydroxylation is 2. The first-order valence-corrected chi connectivity index (χ1v) is 9.87. The minimum atomic E-state index is -0.198. The SMILES string of the molecule is Cc1ccc(-n2cnnc2SC(C)C(=O)NC2CCCCC2)c(C)c1. The molecule has 1 N–H and O–H groups in total. The third-order valence-corrected chi connectivity index (χ3v) is 5.79. The van der Waals surface area contributed by atoms with E-state index in [-0.39, 0.29) is 11.2 Å². The van der Waals surface area contributed by atoms with Crippen molar-refractivity contribution in [3.63, 3.8) is 0 Å². The van der Waals surface area contributed by atoms with E-state index in [1.807, 2.05) is 11.5 Å². The summed E-state index contributed by atoms with van der Waals surface area (Å²) in [4.78, 5) is 12.5. The Kier molecular flexibility index (Phi) is 5.78. The Balaban J connectivity index is 1.68. The fourth-order valence-electron chi connectivity index (χ4n) is 3.32. The average molecular weight is 359 g/mol. The highest BCUT2D eigenvalue weighted by atomic mass is 32.2. The van der Waals surface area contributed by atoms with Crippen LogP contribution in [0.2, 0.25) is 0 Å². The van der Waals surface area contributed by atoms with Crippen molar-refractivity contribution in [3.05, 3.63) is 35.7 Å². The molecule has 1 aliphatic carbocycles. The number of hydrogen-bond donors (Lipinski definition) is 1. The lowest BCUT2D eigenvalue weighted by Crippen LogP contribution is -2.40. The number of amides is 1. The molecular formula is C19H26N4OS. The van der Waals surface area contributed by atoms with Gasteiger partial charge in [0.05, 0.1) is 10.9 Å². The van der Waals surface area contributed by atoms with Crippen LogP contribution in [0, 0.1) is 13.8 Å². The maximum atomic E-state index is 12.5. The zero-order valence-corrected chi connectivity index (χ0v) is 16.0. The summed E-state index contributed by atoms with van der Waals surface area (Å²) in [6.45, 7) is 6.09. The Bertz CT molecular complexity index is 737. The van der Waals surface area contributed by atoms with E-state index in [1.165, 1.54) is 42.2 Å². The van der Waals surface area contributed by atoms with E-state index in [1.54, 1.807) is 6.33 Å². The monoisotopic (exact) mass is 358 g/mol. The molecule has 25 heavy (non-hydrogen) atoms. The van der Waals surface area contributed by atoms with Crippen LogP contribution in [0.15, 0.2) is 29.7 Å². The molecule has 1 unspecified atom stereocenters. The zero-order chi connectivity index (χ0) is 17.8. The van der Waals surface area contributed by atoms with Gasteiger partial charge in [-0.25, -0.2) is 0 Å². The summed E-state index contributed by atoms with van der Waals surface area (Å²) in [5.41, 5.74) is 3.45. The highest BCUT2D eigenvalue weighted by Gasteiger charge is 2.22. The van der Waals surface area contributed by atoms with Crippen LogP contribution >= 0.6 is 11.8 Å². The van der Waals surface area contributed by atoms with Crippen molar-refractivity contribution >= 4 is 17.7 Å². The molecule has 1 amide bonds. The van der Waals surface area contributed by atoms with E-state index < -0.39 is 0 Å². The number of hydrogen-bond acceptors (Lipinski definition) is 4. The molecule has 1 aromatic carbocycles. The summed E-state index contributed by atoms with van der Waals surface area (Å²) in [5.74, 6) is 0.0899. The maximum absolute atomic E-state index is 12.5. The Hall–Kier alpha value is -1.82. The van der Waals surface area contributed by atoms with E-state index in [0.29, 0.717) is 6.04 Å². The fraction of sp³-hybridized carbons (Fsp3) is 0.526. The molecule has 0 spiro atoms. The first-order chi connectivity index (χ1) is 12.0. The van der Waals surface area contributed by atoms with E-state index >= 15 is 0 Å². The summed E-state index contributed by atoms with van der Waals surface area (Å²) < 4.78 is 1.96. The fourth-order valence-corrected chi connectivity index (χ4v) is 4.17. The predicted octanol–water partition coefficient (Wildman–Crippen LogP) is 3.81. The van der Waals surface area contributed by atoms with Gasteiger partial charge in [-0.1, -0.05) is 48.7 Å². The largest absolute Gasteiger partial charge is 0.352 e. The second kappa shape index (κ2) is 8.04. The second-order valence-electron chi connectivity index (χ2n) is 6.88. The topological polar surface area (TPSA) is 59.8 Å². The summed E-state index contributed by atoms with van der Waals surface area (Å²) in [6, 6.07) is 6.63. The Morgan fingerprint density at radius 2 is 2.04 bits per heavy atom. The van der Waals surface area contributed by atoms with Gasteiger partial charge in [-0.15, -0.1) is 10.2 Å². The number of thioether (sulfide) groups is 1. The molecule has 0 bridgehead atoms. The molecular weight excluding hydrogens is 332 g/mol. The van der Waals surface area contributed by atoms with Gasteiger partial charge in [-0.3, -0.25) is 9.36 Å². The molecule has 1 atom stereocenters. The molecule has 1 heterocycles. The molecule has 1 aromatic heterocycles. The first-order valence-electron chi connectivity index (χ1n) is 8.99. The minimum absolute atomic E-state index is 0.0899. The molecule has 1 aliphatic rings. The number of aromatic nitrogens is 3. The van der Waals surface area contributed by atoms with Crippen molar-refractivity contribution in [1.29, 1.82) is 0 Å². The van der Waals surface area contributed by atoms with Crippen LogP contribution in [-0.2, 0) is 4.79 Å². The second-order valence-corrected chi connectivity index (χ2v) is 8.19. The van der Waals surface area contributed by atoms with Gasteiger partial charge in [0, 0.05) is 6.04 Å². The minimum Gasteiger partial charge on any atom is -0.352 e. The van der Waals surface area contributed by atoms with Gasteiger partial charge >= 0.3 is 0 Å². The average Bonchev–Trinajstić information content (AvgIpc) is 3.03. The molecule has 0 aliphatic heterocycles. The number of nitrogens with zero attached hydrogens (tertiary/aromatic N) is 3. The molecule has 2 aromatic rings. The van der Waals surface area contributed by atoms with E-state index in [9.17, 15) is 4.79 Å². The number of nitrogens with one attached hydrogen (secondary N) is 1. The molecule has 1 saturated carbocycles. The van der Waals surface area contributed by atoms with Gasteiger partial charge in [0.15, 0.2) is 5.16 Å². The van der Waals surface area contributed by atoms with Crippen molar-refractivity contribution in [1.82, 2.24) is 20.1 Å². The quantitative estimate of drug-likeness (QED) is 0.826. The first kappa shape index (κ1) is 18.0. The van der Waals surface area contributed by atoms with Crippen molar-refractivity contribution in [2.24, 2.45) is 0 Å². The molecule has 0 saturated heterocycles. The van der Waals surface area contributed by atoms with Gasteiger partial charge in [0.2, 0.25) is 5.91 Å². The summed E-state index contributed by atoms with van der Waals surface area (Å²) in [7, 11) is 0. The van der Waals surface area contributed by atoms with Crippen LogP contribution in [0.4, 0.5) is 0 Å². The molecule has 5 nitrogen and oxygen atoms in total. The number of rotatable bonds is 5. The van der Waals surface area contributed by atoms with Crippen molar-refractivity contribution in [3.8, 4) is 5.69 Å². The van der Waals surface area contributed by atoms with Crippen LogP contribution in [0.5, 0.6) is 0 Å². The van der Waals surface area contributed by atoms with E-state index in [0.717, 1.165) is 23.7 Å². The number of carbonyl (C=O) groups excluding carboxylic acids is 1. The Morgan fingerprint density at radius 1 is 1.28 bits per heavy atom. The molecule has 3 rings (SSSR count). The van der Waals surface area contributed by atoms with Crippen LogP contribution in [0.3, 0.4) is 0 Å². The molecule has 1 fully saturated rings. The predicted molar refractivity (Wildman–Crippen MR) is 101 cm³/mol. The summed E-state index contributed by atoms with van der Waals surface area (Å²) in [6.07, 6.45) is 7.63. The highest BCUT2D eigenvalue weighted by molar-refractivity contribution is 8.00. The number of carbonyl (C=O) groups is 1. The van der Waals surface area contributed by atoms with Gasteiger partial charge in [0.25, 0.3) is 0 Å². The van der Waals surface area contributed by atoms with Crippen LogP contribution in [-0.4, -0.2) is 32.0 Å². The summed E-state index contributed by atoms with van der Waals surface area (Å²) in [5, 5.41) is 12.0.